The Hall–Kier alpha value is -3.31. The van der Waals surface area contributed by atoms with Crippen LogP contribution in [0.5, 0.6) is 0 Å². The van der Waals surface area contributed by atoms with Gasteiger partial charge in [0.25, 0.3) is 0 Å². The van der Waals surface area contributed by atoms with Gasteiger partial charge in [-0.15, -0.1) is 0 Å². The van der Waals surface area contributed by atoms with Crippen molar-refractivity contribution in [2.75, 3.05) is 17.2 Å². The van der Waals surface area contributed by atoms with Crippen LogP contribution in [0.2, 0.25) is 0 Å². The summed E-state index contributed by atoms with van der Waals surface area (Å²) >= 11 is 1.89. The Labute approximate surface area is 201 Å². The lowest BCUT2D eigenvalue weighted by molar-refractivity contribution is -0.709. The first-order valence-corrected chi connectivity index (χ1v) is 12.2. The van der Waals surface area contributed by atoms with Crippen molar-refractivity contribution in [1.82, 2.24) is 4.57 Å². The Morgan fingerprint density at radius 1 is 0.848 bits per heavy atom. The molecule has 4 rings (SSSR count). The molecule has 5 heteroatoms. The smallest absolute Gasteiger partial charge is 0.317 e. The average molecular weight is 457 g/mol. The number of hydrogen-bond donors (Lipinski definition) is 0. The van der Waals surface area contributed by atoms with Crippen molar-refractivity contribution in [2.45, 2.75) is 11.7 Å². The van der Waals surface area contributed by atoms with Crippen LogP contribution in [-0.4, -0.2) is 16.9 Å². The molecule has 2 aromatic carbocycles. The van der Waals surface area contributed by atoms with Gasteiger partial charge in [0, 0.05) is 42.7 Å². The van der Waals surface area contributed by atoms with E-state index in [2.05, 4.69) is 137 Å². The first-order valence-electron chi connectivity index (χ1n) is 11.3. The fourth-order valence-electron chi connectivity index (χ4n) is 3.82. The summed E-state index contributed by atoms with van der Waals surface area (Å²) in [5.41, 5.74) is 4.95. The largest absolute Gasteiger partial charge is 0.366 e. The van der Waals surface area contributed by atoms with Crippen LogP contribution in [0.25, 0.3) is 12.2 Å². The Bertz CT molecular complexity index is 1180. The van der Waals surface area contributed by atoms with Crippen LogP contribution >= 0.6 is 11.8 Å². The molecule has 0 aliphatic rings. The summed E-state index contributed by atoms with van der Waals surface area (Å²) in [6.45, 7) is 1.87. The van der Waals surface area contributed by atoms with Gasteiger partial charge in [0.15, 0.2) is 6.20 Å². The molecule has 33 heavy (non-hydrogen) atoms. The predicted molar refractivity (Wildman–Crippen MR) is 138 cm³/mol. The Morgan fingerprint density at radius 2 is 1.61 bits per heavy atom. The third-order valence-electron chi connectivity index (χ3n) is 5.73. The zero-order chi connectivity index (χ0) is 23.0. The topological polar surface area (TPSA) is 15.9 Å². The second-order valence-corrected chi connectivity index (χ2v) is 9.28. The van der Waals surface area contributed by atoms with Crippen molar-refractivity contribution >= 4 is 29.6 Å². The monoisotopic (exact) mass is 456 g/mol. The maximum atomic E-state index is 2.47. The van der Waals surface area contributed by atoms with Gasteiger partial charge in [-0.1, -0.05) is 42.5 Å². The molecule has 0 saturated carbocycles. The van der Waals surface area contributed by atoms with Gasteiger partial charge in [0.2, 0.25) is 5.69 Å². The second-order valence-electron chi connectivity index (χ2n) is 8.22. The molecule has 0 spiro atoms. The Balaban J connectivity index is 1.47. The minimum Gasteiger partial charge on any atom is -0.366 e. The van der Waals surface area contributed by atoms with Crippen LogP contribution < -0.4 is 14.0 Å². The lowest BCUT2D eigenvalue weighted by atomic mass is 10.1. The predicted octanol–water partition coefficient (Wildman–Crippen LogP) is 4.64. The van der Waals surface area contributed by atoms with E-state index in [9.17, 15) is 0 Å². The number of rotatable bonds is 9. The van der Waals surface area contributed by atoms with Gasteiger partial charge in [-0.25, -0.2) is 13.7 Å². The number of aromatic nitrogens is 3. The first-order chi connectivity index (χ1) is 16.1. The van der Waals surface area contributed by atoms with E-state index in [1.165, 1.54) is 27.7 Å². The van der Waals surface area contributed by atoms with Gasteiger partial charge in [0.1, 0.15) is 19.4 Å². The lowest BCUT2D eigenvalue weighted by Crippen LogP contribution is -2.30. The van der Waals surface area contributed by atoms with Crippen LogP contribution in [-0.2, 0) is 27.7 Å². The van der Waals surface area contributed by atoms with E-state index < -0.39 is 0 Å². The molecular weight excluding hydrogens is 424 g/mol. The van der Waals surface area contributed by atoms with Crippen LogP contribution in [0.1, 0.15) is 16.8 Å². The van der Waals surface area contributed by atoms with Crippen LogP contribution in [0.4, 0.5) is 5.69 Å². The van der Waals surface area contributed by atoms with E-state index in [0.717, 1.165) is 18.8 Å². The summed E-state index contributed by atoms with van der Waals surface area (Å²) in [5, 5.41) is 1.27. The molecule has 168 valence electrons. The molecular formula is C28H32N4S+2. The maximum absolute atomic E-state index is 2.47. The lowest BCUT2D eigenvalue weighted by Gasteiger charge is -2.25. The molecule has 2 aromatic heterocycles. The van der Waals surface area contributed by atoms with Gasteiger partial charge < -0.3 is 4.90 Å². The van der Waals surface area contributed by atoms with E-state index in [-0.39, 0.29) is 0 Å². The van der Waals surface area contributed by atoms with Crippen LogP contribution in [0.15, 0.2) is 96.5 Å². The molecule has 0 saturated heterocycles. The molecule has 0 atom stereocenters. The molecule has 0 fully saturated rings. The van der Waals surface area contributed by atoms with Gasteiger partial charge in [-0.3, -0.25) is 0 Å². The highest BCUT2D eigenvalue weighted by atomic mass is 32.2. The zero-order valence-electron chi connectivity index (χ0n) is 19.6. The molecule has 0 aliphatic carbocycles. The molecule has 4 aromatic rings. The summed E-state index contributed by atoms with van der Waals surface area (Å²) in [6, 6.07) is 25.8. The van der Waals surface area contributed by atoms with Crippen molar-refractivity contribution < 1.29 is 9.13 Å². The number of hydrogen-bond acceptors (Lipinski definition) is 2. The second kappa shape index (κ2) is 11.0. The third kappa shape index (κ3) is 6.14. The van der Waals surface area contributed by atoms with Crippen molar-refractivity contribution in [1.29, 1.82) is 0 Å². The summed E-state index contributed by atoms with van der Waals surface area (Å²) < 4.78 is 6.48. The van der Waals surface area contributed by atoms with E-state index in [1.54, 1.807) is 0 Å². The summed E-state index contributed by atoms with van der Waals surface area (Å²) in [5.74, 6) is 1.02. The van der Waals surface area contributed by atoms with E-state index in [4.69, 9.17) is 0 Å². The van der Waals surface area contributed by atoms with E-state index >= 15 is 0 Å². The van der Waals surface area contributed by atoms with Crippen molar-refractivity contribution in [3.05, 3.63) is 108 Å². The zero-order valence-corrected chi connectivity index (χ0v) is 20.4. The van der Waals surface area contributed by atoms with E-state index in [0.29, 0.717) is 0 Å². The standard InChI is InChI=1S/C28H32N4S/c1-29-18-8-7-11-26(29)15-12-24-13-16-27(17-14-24)32(23-25-9-5-4-6-10-25)21-22-33-28-30(2)19-20-31(28)3/h4-20H,21-23H2,1-3H3/q+2. The van der Waals surface area contributed by atoms with Gasteiger partial charge >= 0.3 is 5.16 Å². The number of benzene rings is 2. The molecule has 0 aliphatic heterocycles. The normalized spacial score (nSPS) is 11.2. The van der Waals surface area contributed by atoms with Gasteiger partial charge in [0.05, 0.1) is 14.1 Å². The summed E-state index contributed by atoms with van der Waals surface area (Å²) in [7, 11) is 6.27. The number of imidazole rings is 1. The van der Waals surface area contributed by atoms with Gasteiger partial charge in [-0.05, 0) is 47.2 Å². The average Bonchev–Trinajstić information content (AvgIpc) is 3.16. The van der Waals surface area contributed by atoms with Gasteiger partial charge in [-0.2, -0.15) is 0 Å². The highest BCUT2D eigenvalue weighted by molar-refractivity contribution is 7.99. The highest BCUT2D eigenvalue weighted by Gasteiger charge is 2.14. The summed E-state index contributed by atoms with van der Waals surface area (Å²) in [4.78, 5) is 2.47. The molecule has 0 unspecified atom stereocenters. The SMILES string of the molecule is Cn1cc[n+](C)c1SCCN(Cc1ccccc1)c1ccc(/C=C/c2cccc[n+]2C)cc1. The first kappa shape index (κ1) is 22.9. The van der Waals surface area contributed by atoms with Crippen molar-refractivity contribution in [3.8, 4) is 0 Å². The van der Waals surface area contributed by atoms with Crippen LogP contribution in [0, 0.1) is 0 Å². The number of pyridine rings is 1. The molecule has 0 amide bonds. The number of anilines is 1. The minimum absolute atomic E-state index is 0.899. The quantitative estimate of drug-likeness (QED) is 0.269. The van der Waals surface area contributed by atoms with Crippen molar-refractivity contribution in [3.63, 3.8) is 0 Å². The summed E-state index contributed by atoms with van der Waals surface area (Å²) in [6.07, 6.45) is 10.6. The molecule has 4 nitrogen and oxygen atoms in total. The molecule has 0 N–H and O–H groups in total. The van der Waals surface area contributed by atoms with Crippen LogP contribution in [0.3, 0.4) is 0 Å². The number of aryl methyl sites for hydroxylation is 3. The fourth-order valence-corrected chi connectivity index (χ4v) is 4.84. The number of nitrogens with zero attached hydrogens (tertiary/aromatic N) is 4. The number of thioether (sulfide) groups is 1. The Morgan fingerprint density at radius 3 is 2.30 bits per heavy atom. The third-order valence-corrected chi connectivity index (χ3v) is 6.95. The maximum Gasteiger partial charge on any atom is 0.317 e. The van der Waals surface area contributed by atoms with E-state index in [1.807, 2.05) is 17.8 Å². The Kier molecular flexibility index (Phi) is 7.63. The van der Waals surface area contributed by atoms with Crippen molar-refractivity contribution in [2.24, 2.45) is 21.1 Å². The minimum atomic E-state index is 0.899. The molecule has 0 radical (unpaired) electrons. The highest BCUT2D eigenvalue weighted by Crippen LogP contribution is 2.21. The molecule has 0 bridgehead atoms. The fraction of sp³-hybridized carbons (Fsp3) is 0.214. The molecule has 2 heterocycles.